The highest BCUT2D eigenvalue weighted by Gasteiger charge is 2.22. The first kappa shape index (κ1) is 14.3. The lowest BCUT2D eigenvalue weighted by atomic mass is 9.79. The summed E-state index contributed by atoms with van der Waals surface area (Å²) >= 11 is 0. The van der Waals surface area contributed by atoms with E-state index in [1.807, 2.05) is 12.1 Å². The van der Waals surface area contributed by atoms with Gasteiger partial charge >= 0.3 is 6.61 Å². The second-order valence-corrected chi connectivity index (χ2v) is 5.09. The monoisotopic (exact) mass is 269 g/mol. The van der Waals surface area contributed by atoms with Crippen LogP contribution in [0.1, 0.15) is 44.2 Å². The Hall–Kier alpha value is -1.16. The molecule has 1 saturated carbocycles. The van der Waals surface area contributed by atoms with Crippen LogP contribution in [0.25, 0.3) is 0 Å². The van der Waals surface area contributed by atoms with Gasteiger partial charge in [0.1, 0.15) is 5.75 Å². The van der Waals surface area contributed by atoms with Crippen molar-refractivity contribution in [2.24, 2.45) is 5.92 Å². The highest BCUT2D eigenvalue weighted by atomic mass is 19.3. The maximum Gasteiger partial charge on any atom is 0.387 e. The summed E-state index contributed by atoms with van der Waals surface area (Å²) in [7, 11) is 0. The molecule has 0 aromatic heterocycles. The molecule has 106 valence electrons. The number of nitrogens with one attached hydrogen (secondary N) is 1. The van der Waals surface area contributed by atoms with Crippen molar-refractivity contribution in [2.75, 3.05) is 6.54 Å². The molecular weight excluding hydrogens is 248 g/mol. The van der Waals surface area contributed by atoms with E-state index in [1.54, 1.807) is 12.1 Å². The van der Waals surface area contributed by atoms with Gasteiger partial charge in [0.15, 0.2) is 0 Å². The van der Waals surface area contributed by atoms with Gasteiger partial charge < -0.3 is 10.1 Å². The van der Waals surface area contributed by atoms with Crippen molar-refractivity contribution < 1.29 is 13.5 Å². The van der Waals surface area contributed by atoms with E-state index >= 15 is 0 Å². The topological polar surface area (TPSA) is 21.3 Å². The quantitative estimate of drug-likeness (QED) is 0.803. The third-order valence-corrected chi connectivity index (χ3v) is 3.75. The summed E-state index contributed by atoms with van der Waals surface area (Å²) in [5.74, 6) is 1.03. The van der Waals surface area contributed by atoms with E-state index in [0.717, 1.165) is 24.4 Å². The molecule has 0 aliphatic heterocycles. The molecular formula is C15H21F2NO. The summed E-state index contributed by atoms with van der Waals surface area (Å²) in [5, 5.41) is 3.47. The molecule has 1 N–H and O–H groups in total. The molecule has 0 radical (unpaired) electrons. The van der Waals surface area contributed by atoms with Crippen molar-refractivity contribution in [3.8, 4) is 5.75 Å². The van der Waals surface area contributed by atoms with E-state index in [2.05, 4.69) is 17.0 Å². The van der Waals surface area contributed by atoms with Gasteiger partial charge in [0.05, 0.1) is 0 Å². The highest BCUT2D eigenvalue weighted by molar-refractivity contribution is 5.29. The summed E-state index contributed by atoms with van der Waals surface area (Å²) in [6.45, 7) is 0.236. The third-order valence-electron chi connectivity index (χ3n) is 3.75. The summed E-state index contributed by atoms with van der Waals surface area (Å²) in [5.41, 5.74) is 1.15. The molecule has 2 nitrogen and oxygen atoms in total. The summed E-state index contributed by atoms with van der Waals surface area (Å²) in [4.78, 5) is 0. The Morgan fingerprint density at radius 3 is 2.42 bits per heavy atom. The van der Waals surface area contributed by atoms with Crippen LogP contribution in [0, 0.1) is 5.92 Å². The van der Waals surface area contributed by atoms with Crippen LogP contribution >= 0.6 is 0 Å². The van der Waals surface area contributed by atoms with Crippen LogP contribution in [-0.4, -0.2) is 13.2 Å². The van der Waals surface area contributed by atoms with Gasteiger partial charge in [-0.05, 0) is 36.6 Å². The smallest absolute Gasteiger partial charge is 0.387 e. The first-order chi connectivity index (χ1) is 9.19. The highest BCUT2D eigenvalue weighted by Crippen LogP contribution is 2.35. The Morgan fingerprint density at radius 1 is 1.26 bits per heavy atom. The minimum atomic E-state index is -2.76. The Bertz CT molecular complexity index is 376. The standard InChI is InChI=1S/C15H21F2NO/c1-2-18-14(10-11-4-3-5-11)12-6-8-13(9-7-12)19-15(16)17/h6-9,11,14-15,18H,2-5,10H2,1H3. The molecule has 0 amide bonds. The van der Waals surface area contributed by atoms with E-state index in [0.29, 0.717) is 6.04 Å². The Morgan fingerprint density at radius 2 is 1.95 bits per heavy atom. The molecule has 4 heteroatoms. The summed E-state index contributed by atoms with van der Waals surface area (Å²) in [6.07, 6.45) is 5.09. The molecule has 1 fully saturated rings. The minimum absolute atomic E-state index is 0.220. The number of hydrogen-bond donors (Lipinski definition) is 1. The van der Waals surface area contributed by atoms with Crippen LogP contribution in [0.3, 0.4) is 0 Å². The number of ether oxygens (including phenoxy) is 1. The molecule has 1 atom stereocenters. The lowest BCUT2D eigenvalue weighted by molar-refractivity contribution is -0.0498. The average molecular weight is 269 g/mol. The van der Waals surface area contributed by atoms with E-state index in [1.165, 1.54) is 19.3 Å². The first-order valence-electron chi connectivity index (χ1n) is 6.97. The summed E-state index contributed by atoms with van der Waals surface area (Å²) < 4.78 is 28.6. The van der Waals surface area contributed by atoms with Crippen LogP contribution in [0.4, 0.5) is 8.78 Å². The fraction of sp³-hybridized carbons (Fsp3) is 0.600. The summed E-state index contributed by atoms with van der Waals surface area (Å²) in [6, 6.07) is 7.31. The van der Waals surface area contributed by atoms with Crippen LogP contribution in [0.15, 0.2) is 24.3 Å². The third kappa shape index (κ3) is 4.16. The molecule has 1 aliphatic rings. The van der Waals surface area contributed by atoms with E-state index in [9.17, 15) is 8.78 Å². The number of benzene rings is 1. The van der Waals surface area contributed by atoms with E-state index < -0.39 is 6.61 Å². The normalized spacial score (nSPS) is 17.3. The van der Waals surface area contributed by atoms with E-state index in [-0.39, 0.29) is 5.75 Å². The average Bonchev–Trinajstić information content (AvgIpc) is 2.32. The van der Waals surface area contributed by atoms with Crippen molar-refractivity contribution >= 4 is 0 Å². The number of halogens is 2. The maximum atomic E-state index is 12.1. The Kier molecular flexibility index (Phi) is 5.14. The molecule has 0 heterocycles. The van der Waals surface area contributed by atoms with Gasteiger partial charge in [0.25, 0.3) is 0 Å². The van der Waals surface area contributed by atoms with Crippen molar-refractivity contribution in [3.63, 3.8) is 0 Å². The second kappa shape index (κ2) is 6.85. The van der Waals surface area contributed by atoms with Gasteiger partial charge in [0.2, 0.25) is 0 Å². The van der Waals surface area contributed by atoms with E-state index in [4.69, 9.17) is 0 Å². The molecule has 0 bridgehead atoms. The van der Waals surface area contributed by atoms with Gasteiger partial charge in [-0.1, -0.05) is 38.3 Å². The Balaban J connectivity index is 1.99. The zero-order valence-electron chi connectivity index (χ0n) is 11.2. The molecule has 1 aliphatic carbocycles. The number of rotatable bonds is 7. The fourth-order valence-electron chi connectivity index (χ4n) is 2.53. The molecule has 0 spiro atoms. The van der Waals surface area contributed by atoms with Gasteiger partial charge in [0, 0.05) is 6.04 Å². The molecule has 0 saturated heterocycles. The van der Waals surface area contributed by atoms with Crippen molar-refractivity contribution in [2.45, 2.75) is 45.3 Å². The molecule has 1 aromatic carbocycles. The van der Waals surface area contributed by atoms with Crippen LogP contribution < -0.4 is 10.1 Å². The van der Waals surface area contributed by atoms with Crippen LogP contribution in [0.5, 0.6) is 5.75 Å². The van der Waals surface area contributed by atoms with Gasteiger partial charge in [-0.2, -0.15) is 8.78 Å². The zero-order chi connectivity index (χ0) is 13.7. The predicted molar refractivity (Wildman–Crippen MR) is 71.4 cm³/mol. The first-order valence-corrected chi connectivity index (χ1v) is 6.97. The molecule has 19 heavy (non-hydrogen) atoms. The number of alkyl halides is 2. The lowest BCUT2D eigenvalue weighted by Gasteiger charge is -2.30. The van der Waals surface area contributed by atoms with Gasteiger partial charge in [-0.25, -0.2) is 0 Å². The van der Waals surface area contributed by atoms with Crippen molar-refractivity contribution in [1.29, 1.82) is 0 Å². The second-order valence-electron chi connectivity index (χ2n) is 5.09. The maximum absolute atomic E-state index is 12.1. The van der Waals surface area contributed by atoms with Crippen molar-refractivity contribution in [3.05, 3.63) is 29.8 Å². The lowest BCUT2D eigenvalue weighted by Crippen LogP contribution is -2.25. The Labute approximate surface area is 113 Å². The molecule has 1 aromatic rings. The largest absolute Gasteiger partial charge is 0.435 e. The van der Waals surface area contributed by atoms with Crippen LogP contribution in [0.2, 0.25) is 0 Å². The predicted octanol–water partition coefficient (Wildman–Crippen LogP) is 4.13. The van der Waals surface area contributed by atoms with Crippen LogP contribution in [-0.2, 0) is 0 Å². The fourth-order valence-corrected chi connectivity index (χ4v) is 2.53. The molecule has 2 rings (SSSR count). The zero-order valence-corrected chi connectivity index (χ0v) is 11.2. The van der Waals surface area contributed by atoms with Gasteiger partial charge in [-0.15, -0.1) is 0 Å². The van der Waals surface area contributed by atoms with Crippen molar-refractivity contribution in [1.82, 2.24) is 5.32 Å². The minimum Gasteiger partial charge on any atom is -0.435 e. The molecule has 1 unspecified atom stereocenters. The number of hydrogen-bond acceptors (Lipinski definition) is 2. The SMILES string of the molecule is CCNC(CC1CCC1)c1ccc(OC(F)F)cc1. The van der Waals surface area contributed by atoms with Gasteiger partial charge in [-0.3, -0.25) is 0 Å².